The largest absolute Gasteiger partial charge is 0.481 e. The van der Waals surface area contributed by atoms with E-state index in [4.69, 9.17) is 5.11 Å². The molecule has 1 aliphatic heterocycles. The van der Waals surface area contributed by atoms with E-state index < -0.39 is 16.8 Å². The maximum Gasteiger partial charge on any atom is 0.308 e. The first-order valence-electron chi connectivity index (χ1n) is 6.13. The number of nitro benzene ring substituents is 1. The Morgan fingerprint density at radius 2 is 2.16 bits per heavy atom. The van der Waals surface area contributed by atoms with Crippen molar-refractivity contribution >= 4 is 17.3 Å². The van der Waals surface area contributed by atoms with Gasteiger partial charge in [-0.1, -0.05) is 13.0 Å². The molecule has 1 fully saturated rings. The first-order chi connectivity index (χ1) is 8.90. The molecule has 2 atom stereocenters. The second kappa shape index (κ2) is 4.87. The molecule has 0 radical (unpaired) electrons. The highest BCUT2D eigenvalue weighted by Gasteiger charge is 2.35. The number of carboxylic acids is 1. The Hall–Kier alpha value is -2.11. The van der Waals surface area contributed by atoms with E-state index in [0.29, 0.717) is 13.1 Å². The van der Waals surface area contributed by atoms with Gasteiger partial charge < -0.3 is 10.0 Å². The lowest BCUT2D eigenvalue weighted by Gasteiger charge is -2.20. The van der Waals surface area contributed by atoms with Gasteiger partial charge in [-0.25, -0.2) is 0 Å². The first kappa shape index (κ1) is 13.3. The van der Waals surface area contributed by atoms with Crippen LogP contribution in [0.5, 0.6) is 0 Å². The number of nitrogens with zero attached hydrogens (tertiary/aromatic N) is 2. The summed E-state index contributed by atoms with van der Waals surface area (Å²) < 4.78 is 0. The number of hydrogen-bond acceptors (Lipinski definition) is 4. The number of non-ortho nitro benzene ring substituents is 1. The van der Waals surface area contributed by atoms with Gasteiger partial charge in [0.25, 0.3) is 5.69 Å². The number of nitro groups is 1. The van der Waals surface area contributed by atoms with Gasteiger partial charge in [-0.05, 0) is 18.4 Å². The van der Waals surface area contributed by atoms with Crippen LogP contribution in [0.15, 0.2) is 18.2 Å². The molecule has 0 amide bonds. The molecule has 6 heteroatoms. The third-order valence-electron chi connectivity index (χ3n) is 3.67. The van der Waals surface area contributed by atoms with Gasteiger partial charge in [0, 0.05) is 30.9 Å². The zero-order chi connectivity index (χ0) is 14.2. The van der Waals surface area contributed by atoms with E-state index in [2.05, 4.69) is 0 Å². The molecule has 1 aromatic rings. The van der Waals surface area contributed by atoms with Crippen molar-refractivity contribution in [3.63, 3.8) is 0 Å². The zero-order valence-corrected chi connectivity index (χ0v) is 10.9. The average molecular weight is 264 g/mol. The van der Waals surface area contributed by atoms with E-state index >= 15 is 0 Å². The van der Waals surface area contributed by atoms with Gasteiger partial charge in [0.05, 0.1) is 10.8 Å². The molecule has 1 N–H and O–H groups in total. The summed E-state index contributed by atoms with van der Waals surface area (Å²) in [6, 6.07) is 4.69. The normalized spacial score (nSPS) is 22.5. The van der Waals surface area contributed by atoms with Gasteiger partial charge in [-0.15, -0.1) is 0 Å². The molecule has 0 bridgehead atoms. The molecule has 0 aromatic heterocycles. The van der Waals surface area contributed by atoms with E-state index in [1.165, 1.54) is 12.1 Å². The van der Waals surface area contributed by atoms with Crippen molar-refractivity contribution in [1.29, 1.82) is 0 Å². The molecule has 1 heterocycles. The number of carbonyl (C=O) groups is 1. The Morgan fingerprint density at radius 1 is 1.47 bits per heavy atom. The van der Waals surface area contributed by atoms with Gasteiger partial charge >= 0.3 is 5.97 Å². The molecule has 102 valence electrons. The lowest BCUT2D eigenvalue weighted by Crippen LogP contribution is -2.23. The van der Waals surface area contributed by atoms with Crippen molar-refractivity contribution in [3.05, 3.63) is 33.9 Å². The number of aliphatic carboxylic acids is 1. The second-order valence-electron chi connectivity index (χ2n) is 5.05. The maximum atomic E-state index is 11.1. The summed E-state index contributed by atoms with van der Waals surface area (Å²) in [5.74, 6) is -1.19. The Labute approximate surface area is 110 Å². The molecule has 1 saturated heterocycles. The SMILES string of the molecule is Cc1ccc([N+](=O)[O-])cc1N1C[C@@H](C)[C@H](C(=O)O)C1. The van der Waals surface area contributed by atoms with Crippen molar-refractivity contribution in [2.75, 3.05) is 18.0 Å². The minimum Gasteiger partial charge on any atom is -0.481 e. The Morgan fingerprint density at radius 3 is 2.68 bits per heavy atom. The van der Waals surface area contributed by atoms with Crippen LogP contribution in [0.25, 0.3) is 0 Å². The Kier molecular flexibility index (Phi) is 3.42. The van der Waals surface area contributed by atoms with E-state index in [1.807, 2.05) is 18.7 Å². The monoisotopic (exact) mass is 264 g/mol. The molecule has 1 aromatic carbocycles. The van der Waals surface area contributed by atoms with Gasteiger partial charge in [-0.2, -0.15) is 0 Å². The van der Waals surface area contributed by atoms with Crippen LogP contribution in [0, 0.1) is 28.9 Å². The van der Waals surface area contributed by atoms with Crippen LogP contribution in [-0.4, -0.2) is 29.1 Å². The summed E-state index contributed by atoms with van der Waals surface area (Å²) in [4.78, 5) is 23.4. The minimum atomic E-state index is -0.807. The standard InChI is InChI=1S/C13H16N2O4/c1-8-3-4-10(15(18)19)5-12(8)14-6-9(2)11(7-14)13(16)17/h3-5,9,11H,6-7H2,1-2H3,(H,16,17)/t9-,11-/m1/s1. The third-order valence-corrected chi connectivity index (χ3v) is 3.67. The van der Waals surface area contributed by atoms with Gasteiger partial charge in [0.15, 0.2) is 0 Å². The van der Waals surface area contributed by atoms with Crippen LogP contribution in [0.3, 0.4) is 0 Å². The lowest BCUT2D eigenvalue weighted by molar-refractivity contribution is -0.384. The molecule has 0 unspecified atom stereocenters. The van der Waals surface area contributed by atoms with Crippen LogP contribution in [-0.2, 0) is 4.79 Å². The quantitative estimate of drug-likeness (QED) is 0.667. The highest BCUT2D eigenvalue weighted by molar-refractivity contribution is 5.73. The van der Waals surface area contributed by atoms with Crippen molar-refractivity contribution in [2.24, 2.45) is 11.8 Å². The lowest BCUT2D eigenvalue weighted by atomic mass is 9.99. The molecule has 1 aliphatic rings. The van der Waals surface area contributed by atoms with Crippen molar-refractivity contribution in [2.45, 2.75) is 13.8 Å². The number of hydrogen-bond donors (Lipinski definition) is 1. The average Bonchev–Trinajstić information content (AvgIpc) is 2.71. The summed E-state index contributed by atoms with van der Waals surface area (Å²) in [5.41, 5.74) is 1.71. The molecule has 2 rings (SSSR count). The highest BCUT2D eigenvalue weighted by Crippen LogP contribution is 2.32. The highest BCUT2D eigenvalue weighted by atomic mass is 16.6. The van der Waals surface area contributed by atoms with Gasteiger partial charge in [0.2, 0.25) is 0 Å². The summed E-state index contributed by atoms with van der Waals surface area (Å²) in [5, 5.41) is 19.9. The van der Waals surface area contributed by atoms with Crippen LogP contribution in [0.4, 0.5) is 11.4 Å². The fourth-order valence-corrected chi connectivity index (χ4v) is 2.54. The zero-order valence-electron chi connectivity index (χ0n) is 10.9. The molecule has 0 saturated carbocycles. The summed E-state index contributed by atoms with van der Waals surface area (Å²) in [7, 11) is 0. The van der Waals surface area contributed by atoms with Crippen LogP contribution >= 0.6 is 0 Å². The van der Waals surface area contributed by atoms with Crippen molar-refractivity contribution < 1.29 is 14.8 Å². The van der Waals surface area contributed by atoms with Crippen molar-refractivity contribution in [3.8, 4) is 0 Å². The number of rotatable bonds is 3. The van der Waals surface area contributed by atoms with Crippen LogP contribution in [0.2, 0.25) is 0 Å². The van der Waals surface area contributed by atoms with Gasteiger partial charge in [-0.3, -0.25) is 14.9 Å². The van der Waals surface area contributed by atoms with E-state index in [-0.39, 0.29) is 11.6 Å². The predicted molar refractivity (Wildman–Crippen MR) is 70.3 cm³/mol. The summed E-state index contributed by atoms with van der Waals surface area (Å²) in [6.07, 6.45) is 0. The number of benzene rings is 1. The molecular weight excluding hydrogens is 248 g/mol. The fraction of sp³-hybridized carbons (Fsp3) is 0.462. The number of anilines is 1. The molecular formula is C13H16N2O4. The molecule has 0 aliphatic carbocycles. The Bertz CT molecular complexity index is 529. The minimum absolute atomic E-state index is 0.0343. The smallest absolute Gasteiger partial charge is 0.308 e. The fourth-order valence-electron chi connectivity index (χ4n) is 2.54. The van der Waals surface area contributed by atoms with E-state index in [9.17, 15) is 14.9 Å². The van der Waals surface area contributed by atoms with E-state index in [1.54, 1.807) is 6.07 Å². The summed E-state index contributed by atoms with van der Waals surface area (Å²) >= 11 is 0. The van der Waals surface area contributed by atoms with Crippen LogP contribution in [0.1, 0.15) is 12.5 Å². The van der Waals surface area contributed by atoms with Crippen LogP contribution < -0.4 is 4.90 Å². The second-order valence-corrected chi connectivity index (χ2v) is 5.05. The summed E-state index contributed by atoms with van der Waals surface area (Å²) in [6.45, 7) is 4.78. The molecule has 19 heavy (non-hydrogen) atoms. The predicted octanol–water partition coefficient (Wildman–Crippen LogP) is 2.06. The Balaban J connectivity index is 2.30. The molecule has 6 nitrogen and oxygen atoms in total. The maximum absolute atomic E-state index is 11.1. The van der Waals surface area contributed by atoms with E-state index in [0.717, 1.165) is 11.3 Å². The van der Waals surface area contributed by atoms with Gasteiger partial charge in [0.1, 0.15) is 0 Å². The topological polar surface area (TPSA) is 83.7 Å². The third kappa shape index (κ3) is 2.52. The van der Waals surface area contributed by atoms with Crippen molar-refractivity contribution in [1.82, 2.24) is 0 Å². The number of aryl methyl sites for hydroxylation is 1. The molecule has 0 spiro atoms. The number of carboxylic acid groups (broad SMARTS) is 1. The first-order valence-corrected chi connectivity index (χ1v) is 6.13.